The standard InChI is InChI=1S/C13H14BrF3O/c1-7-4-5-10(6-11(7)13(15,16)17)8(2)12(14)9(3)18/h4-6,8,12H,1-3H3. The largest absolute Gasteiger partial charge is 0.416 e. The van der Waals surface area contributed by atoms with Gasteiger partial charge in [-0.05, 0) is 31.0 Å². The topological polar surface area (TPSA) is 17.1 Å². The fraction of sp³-hybridized carbons (Fsp3) is 0.462. The molecule has 0 aliphatic rings. The summed E-state index contributed by atoms with van der Waals surface area (Å²) in [6, 6.07) is 4.19. The Balaban J connectivity index is 3.17. The van der Waals surface area contributed by atoms with E-state index in [1.807, 2.05) is 0 Å². The van der Waals surface area contributed by atoms with Crippen LogP contribution in [0.4, 0.5) is 13.2 Å². The Kier molecular flexibility index (Phi) is 4.59. The minimum Gasteiger partial charge on any atom is -0.299 e. The molecule has 1 nitrogen and oxygen atoms in total. The summed E-state index contributed by atoms with van der Waals surface area (Å²) in [5.74, 6) is -0.402. The van der Waals surface area contributed by atoms with Crippen LogP contribution in [-0.4, -0.2) is 10.6 Å². The Labute approximate surface area is 113 Å². The second-order valence-corrected chi connectivity index (χ2v) is 5.36. The second kappa shape index (κ2) is 5.43. The molecule has 0 aliphatic heterocycles. The van der Waals surface area contributed by atoms with E-state index in [0.717, 1.165) is 6.07 Å². The number of benzene rings is 1. The van der Waals surface area contributed by atoms with Crippen LogP contribution in [-0.2, 0) is 11.0 Å². The van der Waals surface area contributed by atoms with Crippen LogP contribution < -0.4 is 0 Å². The minimum atomic E-state index is -4.36. The molecule has 0 fully saturated rings. The number of alkyl halides is 4. The van der Waals surface area contributed by atoms with Crippen molar-refractivity contribution in [2.45, 2.75) is 37.7 Å². The third-order valence-corrected chi connectivity index (χ3v) is 4.36. The molecule has 2 atom stereocenters. The number of Topliss-reactive ketones (excluding diaryl/α,β-unsaturated/α-hetero) is 1. The molecule has 0 amide bonds. The number of aryl methyl sites for hydroxylation is 1. The van der Waals surface area contributed by atoms with Gasteiger partial charge in [-0.3, -0.25) is 4.79 Å². The van der Waals surface area contributed by atoms with E-state index < -0.39 is 16.6 Å². The SMILES string of the molecule is CC(=O)C(Br)C(C)c1ccc(C)c(C(F)(F)F)c1. The lowest BCUT2D eigenvalue weighted by Gasteiger charge is -2.19. The maximum atomic E-state index is 12.8. The lowest BCUT2D eigenvalue weighted by atomic mass is 9.93. The van der Waals surface area contributed by atoms with Crippen molar-refractivity contribution in [3.05, 3.63) is 34.9 Å². The average Bonchev–Trinajstić information content (AvgIpc) is 2.26. The number of halogens is 4. The Morgan fingerprint density at radius 2 is 1.89 bits per heavy atom. The van der Waals surface area contributed by atoms with E-state index in [4.69, 9.17) is 0 Å². The Bertz CT molecular complexity index is 454. The van der Waals surface area contributed by atoms with Gasteiger partial charge in [0.1, 0.15) is 5.78 Å². The van der Waals surface area contributed by atoms with Gasteiger partial charge >= 0.3 is 6.18 Å². The maximum absolute atomic E-state index is 12.8. The van der Waals surface area contributed by atoms with Crippen molar-refractivity contribution in [1.29, 1.82) is 0 Å². The highest BCUT2D eigenvalue weighted by molar-refractivity contribution is 9.10. The molecule has 2 unspecified atom stereocenters. The van der Waals surface area contributed by atoms with Crippen molar-refractivity contribution in [1.82, 2.24) is 0 Å². The van der Waals surface area contributed by atoms with Crippen molar-refractivity contribution in [3.63, 3.8) is 0 Å². The number of hydrogen-bond acceptors (Lipinski definition) is 1. The van der Waals surface area contributed by atoms with Gasteiger partial charge in [0.05, 0.1) is 10.4 Å². The smallest absolute Gasteiger partial charge is 0.299 e. The van der Waals surface area contributed by atoms with Gasteiger partial charge in [0.25, 0.3) is 0 Å². The zero-order valence-corrected chi connectivity index (χ0v) is 11.9. The van der Waals surface area contributed by atoms with Crippen LogP contribution in [0.1, 0.15) is 36.5 Å². The molecule has 100 valence electrons. The molecule has 0 saturated heterocycles. The van der Waals surface area contributed by atoms with Crippen molar-refractivity contribution >= 4 is 21.7 Å². The summed E-state index contributed by atoms with van der Waals surface area (Å²) in [6.45, 7) is 4.56. The predicted molar refractivity (Wildman–Crippen MR) is 68.0 cm³/mol. The van der Waals surface area contributed by atoms with Crippen LogP contribution in [0.15, 0.2) is 18.2 Å². The van der Waals surface area contributed by atoms with E-state index in [-0.39, 0.29) is 17.3 Å². The van der Waals surface area contributed by atoms with E-state index in [0.29, 0.717) is 5.56 Å². The van der Waals surface area contributed by atoms with Crippen molar-refractivity contribution in [2.75, 3.05) is 0 Å². The minimum absolute atomic E-state index is 0.100. The first kappa shape index (κ1) is 15.2. The molecule has 0 heterocycles. The third kappa shape index (κ3) is 3.34. The van der Waals surface area contributed by atoms with Crippen LogP contribution in [0, 0.1) is 6.92 Å². The highest BCUT2D eigenvalue weighted by Crippen LogP contribution is 2.35. The van der Waals surface area contributed by atoms with Crippen molar-refractivity contribution in [3.8, 4) is 0 Å². The Morgan fingerprint density at radius 1 is 1.33 bits per heavy atom. The molecule has 0 bridgehead atoms. The van der Waals surface area contributed by atoms with Gasteiger partial charge < -0.3 is 0 Å². The predicted octanol–water partition coefficient (Wildman–Crippen LogP) is 4.47. The Morgan fingerprint density at radius 3 is 2.33 bits per heavy atom. The highest BCUT2D eigenvalue weighted by atomic mass is 79.9. The monoisotopic (exact) mass is 322 g/mol. The first-order valence-electron chi connectivity index (χ1n) is 5.47. The van der Waals surface area contributed by atoms with E-state index in [1.54, 1.807) is 13.0 Å². The summed E-state index contributed by atoms with van der Waals surface area (Å²) in [5, 5.41) is 0. The van der Waals surface area contributed by atoms with E-state index >= 15 is 0 Å². The summed E-state index contributed by atoms with van der Waals surface area (Å²) in [5.41, 5.74) is 0.0486. The van der Waals surface area contributed by atoms with E-state index in [1.165, 1.54) is 19.9 Å². The summed E-state index contributed by atoms with van der Waals surface area (Å²) < 4.78 is 38.3. The number of carbonyl (C=O) groups excluding carboxylic acids is 1. The molecular weight excluding hydrogens is 309 g/mol. The Hall–Kier alpha value is -0.840. The van der Waals surface area contributed by atoms with Gasteiger partial charge in [0.2, 0.25) is 0 Å². The lowest BCUT2D eigenvalue weighted by Crippen LogP contribution is -2.18. The molecule has 0 radical (unpaired) electrons. The first-order valence-corrected chi connectivity index (χ1v) is 6.38. The van der Waals surface area contributed by atoms with Crippen molar-refractivity contribution < 1.29 is 18.0 Å². The number of ketones is 1. The van der Waals surface area contributed by atoms with Gasteiger partial charge in [-0.1, -0.05) is 35.0 Å². The van der Waals surface area contributed by atoms with Crippen LogP contribution in [0.5, 0.6) is 0 Å². The lowest BCUT2D eigenvalue weighted by molar-refractivity contribution is -0.138. The van der Waals surface area contributed by atoms with Crippen LogP contribution in [0.3, 0.4) is 0 Å². The zero-order valence-electron chi connectivity index (χ0n) is 10.3. The molecule has 1 rings (SSSR count). The van der Waals surface area contributed by atoms with Gasteiger partial charge in [0, 0.05) is 5.92 Å². The molecule has 0 aliphatic carbocycles. The number of rotatable bonds is 3. The molecule has 0 spiro atoms. The summed E-state index contributed by atoms with van der Waals surface area (Å²) in [7, 11) is 0. The molecule has 0 saturated carbocycles. The molecule has 5 heteroatoms. The van der Waals surface area contributed by atoms with Crippen LogP contribution >= 0.6 is 15.9 Å². The summed E-state index contributed by atoms with van der Waals surface area (Å²) >= 11 is 3.21. The molecular formula is C13H14BrF3O. The summed E-state index contributed by atoms with van der Waals surface area (Å²) in [6.07, 6.45) is -4.36. The summed E-state index contributed by atoms with van der Waals surface area (Å²) in [4.78, 5) is 10.8. The van der Waals surface area contributed by atoms with Crippen molar-refractivity contribution in [2.24, 2.45) is 0 Å². The van der Waals surface area contributed by atoms with Gasteiger partial charge in [-0.25, -0.2) is 0 Å². The first-order chi connectivity index (χ1) is 8.14. The molecule has 0 N–H and O–H groups in total. The number of hydrogen-bond donors (Lipinski definition) is 0. The fourth-order valence-electron chi connectivity index (χ4n) is 1.75. The quantitative estimate of drug-likeness (QED) is 0.750. The maximum Gasteiger partial charge on any atom is 0.416 e. The van der Waals surface area contributed by atoms with Crippen LogP contribution in [0.25, 0.3) is 0 Å². The van der Waals surface area contributed by atoms with Crippen LogP contribution in [0.2, 0.25) is 0 Å². The molecule has 1 aromatic rings. The molecule has 1 aromatic carbocycles. The average molecular weight is 323 g/mol. The van der Waals surface area contributed by atoms with E-state index in [9.17, 15) is 18.0 Å². The third-order valence-electron chi connectivity index (χ3n) is 2.92. The fourth-order valence-corrected chi connectivity index (χ4v) is 2.05. The second-order valence-electron chi connectivity index (χ2n) is 4.37. The highest BCUT2D eigenvalue weighted by Gasteiger charge is 2.33. The van der Waals surface area contributed by atoms with Gasteiger partial charge in [0.15, 0.2) is 0 Å². The molecule has 0 aromatic heterocycles. The number of carbonyl (C=O) groups is 1. The van der Waals surface area contributed by atoms with Gasteiger partial charge in [-0.2, -0.15) is 13.2 Å². The van der Waals surface area contributed by atoms with E-state index in [2.05, 4.69) is 15.9 Å². The normalized spacial score (nSPS) is 15.3. The van der Waals surface area contributed by atoms with Gasteiger partial charge in [-0.15, -0.1) is 0 Å². The zero-order chi connectivity index (χ0) is 14.1. The molecule has 18 heavy (non-hydrogen) atoms.